The first-order valence-electron chi connectivity index (χ1n) is 18.0. The molecule has 0 radical (unpaired) electrons. The maximum Gasteiger partial charge on any atom is 0.238 e. The van der Waals surface area contributed by atoms with Gasteiger partial charge in [0.25, 0.3) is 0 Å². The molecule has 0 aromatic heterocycles. The fourth-order valence-corrected chi connectivity index (χ4v) is 10.8. The van der Waals surface area contributed by atoms with E-state index in [2.05, 4.69) is 70.8 Å². The quantitative estimate of drug-likeness (QED) is 0.251. The van der Waals surface area contributed by atoms with Crippen LogP contribution in [0, 0.1) is 41.3 Å². The van der Waals surface area contributed by atoms with Gasteiger partial charge < -0.3 is 10.2 Å². The Morgan fingerprint density at radius 3 is 2.45 bits per heavy atom. The van der Waals surface area contributed by atoms with E-state index in [0.717, 1.165) is 30.5 Å². The number of sulfonamides is 1. The summed E-state index contributed by atoms with van der Waals surface area (Å²) in [6.45, 7) is 17.1. The molecule has 10 heteroatoms. The molecule has 0 spiro atoms. The first kappa shape index (κ1) is 38.2. The van der Waals surface area contributed by atoms with Crippen LogP contribution in [0.25, 0.3) is 0 Å². The summed E-state index contributed by atoms with van der Waals surface area (Å²) >= 11 is 6.60. The molecular formula is C39H58ClFN4O3S. The lowest BCUT2D eigenvalue weighted by molar-refractivity contribution is -0.136. The average Bonchev–Trinajstić information content (AvgIpc) is 3.29. The number of carbonyl (C=O) groups excluding carboxylic acids is 1. The normalized spacial score (nSPS) is 26.9. The van der Waals surface area contributed by atoms with Crippen LogP contribution in [0.15, 0.2) is 36.4 Å². The van der Waals surface area contributed by atoms with Crippen molar-refractivity contribution in [2.24, 2.45) is 28.6 Å². The maximum absolute atomic E-state index is 15.5. The zero-order valence-electron chi connectivity index (χ0n) is 31.0. The summed E-state index contributed by atoms with van der Waals surface area (Å²) in [4.78, 5) is 18.2. The summed E-state index contributed by atoms with van der Waals surface area (Å²) in [6.07, 6.45) is 3.35. The van der Waals surface area contributed by atoms with E-state index in [0.29, 0.717) is 58.8 Å². The van der Waals surface area contributed by atoms with Crippen molar-refractivity contribution >= 4 is 27.5 Å². The summed E-state index contributed by atoms with van der Waals surface area (Å²) in [6, 6.07) is 10.9. The summed E-state index contributed by atoms with van der Waals surface area (Å²) in [5, 5.41) is 3.70. The molecule has 1 amide bonds. The maximum atomic E-state index is 15.5. The van der Waals surface area contributed by atoms with Crippen LogP contribution in [0.2, 0.25) is 5.02 Å². The number of likely N-dealkylation sites (N-methyl/N-ethyl adjacent to an activating group) is 1. The number of fused-ring (bicyclic) bond motifs is 2. The molecule has 1 heterocycles. The zero-order chi connectivity index (χ0) is 36.1. The highest BCUT2D eigenvalue weighted by Crippen LogP contribution is 2.61. The van der Waals surface area contributed by atoms with Gasteiger partial charge in [-0.05, 0) is 98.0 Å². The monoisotopic (exact) mass is 716 g/mol. The second-order valence-corrected chi connectivity index (χ2v) is 19.7. The van der Waals surface area contributed by atoms with Crippen LogP contribution in [0.1, 0.15) is 89.5 Å². The van der Waals surface area contributed by atoms with E-state index >= 15 is 4.39 Å². The predicted molar refractivity (Wildman–Crippen MR) is 197 cm³/mol. The number of hydrogen-bond acceptors (Lipinski definition) is 5. The van der Waals surface area contributed by atoms with Crippen LogP contribution in [0.4, 0.5) is 4.39 Å². The van der Waals surface area contributed by atoms with Gasteiger partial charge in [0.05, 0.1) is 5.75 Å². The van der Waals surface area contributed by atoms with E-state index in [-0.39, 0.29) is 41.5 Å². The van der Waals surface area contributed by atoms with E-state index in [1.807, 2.05) is 24.3 Å². The van der Waals surface area contributed by atoms with Crippen LogP contribution < -0.4 is 5.32 Å². The molecule has 2 bridgehead atoms. The molecular weight excluding hydrogens is 659 g/mol. The van der Waals surface area contributed by atoms with E-state index in [1.54, 1.807) is 19.1 Å². The number of nitrogens with zero attached hydrogens (tertiary/aromatic N) is 3. The van der Waals surface area contributed by atoms with Crippen molar-refractivity contribution in [3.8, 4) is 0 Å². The Kier molecular flexibility index (Phi) is 11.3. The van der Waals surface area contributed by atoms with Gasteiger partial charge in [0.15, 0.2) is 0 Å². The molecule has 49 heavy (non-hydrogen) atoms. The summed E-state index contributed by atoms with van der Waals surface area (Å²) in [5.74, 6) is 1.07. The Morgan fingerprint density at radius 2 is 1.82 bits per heavy atom. The number of aryl methyl sites for hydroxylation is 1. The lowest BCUT2D eigenvalue weighted by Gasteiger charge is -2.62. The Balaban J connectivity index is 1.37. The van der Waals surface area contributed by atoms with E-state index in [4.69, 9.17) is 11.6 Å². The molecule has 1 saturated heterocycles. The van der Waals surface area contributed by atoms with Gasteiger partial charge in [-0.15, -0.1) is 0 Å². The highest BCUT2D eigenvalue weighted by atomic mass is 35.5. The highest BCUT2D eigenvalue weighted by Gasteiger charge is 2.56. The number of benzene rings is 2. The number of nitrogens with one attached hydrogen (secondary N) is 1. The predicted octanol–water partition coefficient (Wildman–Crippen LogP) is 7.25. The molecule has 272 valence electrons. The third kappa shape index (κ3) is 8.54. The van der Waals surface area contributed by atoms with E-state index < -0.39 is 16.1 Å². The molecule has 2 aromatic carbocycles. The van der Waals surface area contributed by atoms with Gasteiger partial charge in [0.1, 0.15) is 11.9 Å². The minimum absolute atomic E-state index is 0.0289. The minimum atomic E-state index is -3.59. The van der Waals surface area contributed by atoms with Crippen LogP contribution in [0.3, 0.4) is 0 Å². The van der Waals surface area contributed by atoms with Gasteiger partial charge in [0, 0.05) is 48.8 Å². The molecule has 2 aromatic rings. The van der Waals surface area contributed by atoms with Crippen LogP contribution in [-0.4, -0.2) is 72.9 Å². The van der Waals surface area contributed by atoms with Crippen LogP contribution >= 0.6 is 11.6 Å². The van der Waals surface area contributed by atoms with Gasteiger partial charge in [0.2, 0.25) is 15.9 Å². The van der Waals surface area contributed by atoms with Crippen molar-refractivity contribution < 1.29 is 17.6 Å². The van der Waals surface area contributed by atoms with Crippen molar-refractivity contribution in [3.63, 3.8) is 0 Å². The summed E-state index contributed by atoms with van der Waals surface area (Å²) in [7, 11) is 0.512. The van der Waals surface area contributed by atoms with E-state index in [9.17, 15) is 13.2 Å². The van der Waals surface area contributed by atoms with Crippen molar-refractivity contribution in [2.75, 3.05) is 26.4 Å². The molecule has 1 N–H and O–H groups in total. The number of halogens is 2. The number of rotatable bonds is 12. The second kappa shape index (κ2) is 14.5. The largest absolute Gasteiger partial charge is 0.352 e. The van der Waals surface area contributed by atoms with Gasteiger partial charge in [-0.2, -0.15) is 4.31 Å². The molecule has 7 nitrogen and oxygen atoms in total. The van der Waals surface area contributed by atoms with Gasteiger partial charge in [-0.25, -0.2) is 12.8 Å². The summed E-state index contributed by atoms with van der Waals surface area (Å²) < 4.78 is 43.6. The van der Waals surface area contributed by atoms with Gasteiger partial charge >= 0.3 is 0 Å². The van der Waals surface area contributed by atoms with Crippen molar-refractivity contribution in [1.82, 2.24) is 19.4 Å². The molecule has 1 aliphatic heterocycles. The van der Waals surface area contributed by atoms with Crippen LogP contribution in [-0.2, 0) is 34.5 Å². The van der Waals surface area contributed by atoms with Crippen LogP contribution in [0.5, 0.6) is 0 Å². The first-order valence-corrected chi connectivity index (χ1v) is 20.0. The average molecular weight is 717 g/mol. The topological polar surface area (TPSA) is 73.0 Å². The second-order valence-electron chi connectivity index (χ2n) is 17.3. The van der Waals surface area contributed by atoms with Gasteiger partial charge in [-0.1, -0.05) is 83.5 Å². The van der Waals surface area contributed by atoms with E-state index in [1.165, 1.54) is 10.7 Å². The molecule has 6 atom stereocenters. The molecule has 4 aliphatic rings. The lowest BCUT2D eigenvalue weighted by atomic mass is 9.45. The Labute approximate surface area is 300 Å². The number of amides is 1. The van der Waals surface area contributed by atoms with Crippen molar-refractivity contribution in [2.45, 2.75) is 112 Å². The Bertz CT molecular complexity index is 1620. The smallest absolute Gasteiger partial charge is 0.238 e. The number of hydrogen-bond donors (Lipinski definition) is 1. The molecule has 3 aliphatic carbocycles. The molecule has 3 saturated carbocycles. The summed E-state index contributed by atoms with van der Waals surface area (Å²) in [5.41, 5.74) is 3.21. The number of carbonyl (C=O) groups is 1. The van der Waals surface area contributed by atoms with Crippen molar-refractivity contribution in [3.05, 3.63) is 69.5 Å². The van der Waals surface area contributed by atoms with Crippen molar-refractivity contribution in [1.29, 1.82) is 0 Å². The van der Waals surface area contributed by atoms with Gasteiger partial charge in [-0.3, -0.25) is 9.69 Å². The third-order valence-electron chi connectivity index (χ3n) is 11.7. The highest BCUT2D eigenvalue weighted by molar-refractivity contribution is 7.89. The third-order valence-corrected chi connectivity index (χ3v) is 13.9. The molecule has 4 fully saturated rings. The zero-order valence-corrected chi connectivity index (χ0v) is 32.6. The Morgan fingerprint density at radius 1 is 1.12 bits per heavy atom. The lowest BCUT2D eigenvalue weighted by Crippen LogP contribution is -2.61. The fourth-order valence-electron chi connectivity index (χ4n) is 8.86. The molecule has 1 unspecified atom stereocenters. The minimum Gasteiger partial charge on any atom is -0.352 e. The first-order chi connectivity index (χ1) is 22.8. The fraction of sp³-hybridized carbons (Fsp3) is 0.667. The SMILES string of the molecule is Cc1ccc(Cl)c(CN(Cc2cccc(CN3C(C(=O)N[C@H]4C[C@H]5C[C@@H]([C@@H]4C)C5(C)C)CCS3(=O)=O)c2)[C@H](CN(C)C)CC(C)(C)C)c1F. The molecule has 6 rings (SSSR count). The Hall–Kier alpha value is -2.04. The standard InChI is InChI=1S/C39H58ClFN4O3S/c1-25-13-14-33(40)31(36(25)41)24-44(30(23-43(8)9)20-38(3,4)5)21-27-11-10-12-28(17-27)22-45-35(15-16-49(45,47)48)37(46)42-34-19-29-18-32(26(34)2)39(29,6)7/h10-14,17,26,29-30,32,34-35H,15-16,18-24H2,1-9H3,(H,42,46)/t26-,29+,30-,32-,34-,35?/m0/s1.